The third-order valence-corrected chi connectivity index (χ3v) is 2.86. The molecule has 2 aromatic carbocycles. The van der Waals surface area contributed by atoms with Crippen LogP contribution in [0.3, 0.4) is 0 Å². The van der Waals surface area contributed by atoms with Gasteiger partial charge < -0.3 is 10.6 Å². The number of anilines is 1. The summed E-state index contributed by atoms with van der Waals surface area (Å²) in [6.45, 7) is 3.82. The van der Waals surface area contributed by atoms with E-state index in [4.69, 9.17) is 0 Å². The molecule has 4 nitrogen and oxygen atoms in total. The molecule has 2 amide bonds. The predicted octanol–water partition coefficient (Wildman–Crippen LogP) is 3.08. The Hall–Kier alpha value is -2.62. The summed E-state index contributed by atoms with van der Waals surface area (Å²) in [6, 6.07) is 15.9. The van der Waals surface area contributed by atoms with Crippen molar-refractivity contribution >= 4 is 17.5 Å². The Morgan fingerprint density at radius 2 is 1.38 bits per heavy atom. The van der Waals surface area contributed by atoms with E-state index in [9.17, 15) is 9.59 Å². The van der Waals surface area contributed by atoms with Gasteiger partial charge in [0.25, 0.3) is 11.8 Å². The Morgan fingerprint density at radius 3 is 1.95 bits per heavy atom. The second-order valence-electron chi connectivity index (χ2n) is 5.03. The molecule has 0 radical (unpaired) electrons. The van der Waals surface area contributed by atoms with Crippen LogP contribution in [0.1, 0.15) is 34.6 Å². The molecule has 0 saturated carbocycles. The van der Waals surface area contributed by atoms with E-state index >= 15 is 0 Å². The van der Waals surface area contributed by atoms with E-state index in [-0.39, 0.29) is 17.9 Å². The van der Waals surface area contributed by atoms with Crippen LogP contribution in [-0.2, 0) is 0 Å². The highest BCUT2D eigenvalue weighted by Gasteiger charge is 2.08. The van der Waals surface area contributed by atoms with Crippen LogP contribution in [-0.4, -0.2) is 17.9 Å². The van der Waals surface area contributed by atoms with Crippen LogP contribution < -0.4 is 10.6 Å². The number of hydrogen-bond acceptors (Lipinski definition) is 2. The average molecular weight is 282 g/mol. The van der Waals surface area contributed by atoms with E-state index in [0.29, 0.717) is 16.8 Å². The first-order chi connectivity index (χ1) is 10.1. The highest BCUT2D eigenvalue weighted by molar-refractivity contribution is 6.04. The molecule has 108 valence electrons. The monoisotopic (exact) mass is 282 g/mol. The Morgan fingerprint density at radius 1 is 0.810 bits per heavy atom. The van der Waals surface area contributed by atoms with E-state index in [1.54, 1.807) is 36.4 Å². The summed E-state index contributed by atoms with van der Waals surface area (Å²) in [5.41, 5.74) is 1.82. The molecule has 0 atom stereocenters. The fraction of sp³-hybridized carbons (Fsp3) is 0.176. The highest BCUT2D eigenvalue weighted by Crippen LogP contribution is 2.11. The van der Waals surface area contributed by atoms with Crippen LogP contribution in [0, 0.1) is 0 Å². The van der Waals surface area contributed by atoms with Crippen molar-refractivity contribution in [1.29, 1.82) is 0 Å². The molecule has 0 fully saturated rings. The third-order valence-electron chi connectivity index (χ3n) is 2.86. The van der Waals surface area contributed by atoms with Crippen molar-refractivity contribution in [2.24, 2.45) is 0 Å². The number of hydrogen-bond donors (Lipinski definition) is 2. The fourth-order valence-corrected chi connectivity index (χ4v) is 1.84. The summed E-state index contributed by atoms with van der Waals surface area (Å²) >= 11 is 0. The van der Waals surface area contributed by atoms with Crippen molar-refractivity contribution in [3.05, 3.63) is 65.7 Å². The lowest BCUT2D eigenvalue weighted by molar-refractivity contribution is 0.0942. The van der Waals surface area contributed by atoms with Crippen molar-refractivity contribution in [2.45, 2.75) is 19.9 Å². The zero-order chi connectivity index (χ0) is 15.2. The molecule has 0 saturated heterocycles. The van der Waals surface area contributed by atoms with Gasteiger partial charge >= 0.3 is 0 Å². The summed E-state index contributed by atoms with van der Waals surface area (Å²) in [6.07, 6.45) is 0. The minimum atomic E-state index is -0.171. The Kier molecular flexibility index (Phi) is 4.72. The molecule has 0 bridgehead atoms. The summed E-state index contributed by atoms with van der Waals surface area (Å²) in [5, 5.41) is 5.61. The quantitative estimate of drug-likeness (QED) is 0.905. The van der Waals surface area contributed by atoms with Crippen LogP contribution >= 0.6 is 0 Å². The maximum Gasteiger partial charge on any atom is 0.255 e. The Labute approximate surface area is 124 Å². The largest absolute Gasteiger partial charge is 0.350 e. The van der Waals surface area contributed by atoms with Crippen LogP contribution in [0.2, 0.25) is 0 Å². The lowest BCUT2D eigenvalue weighted by Crippen LogP contribution is -2.30. The molecule has 2 aromatic rings. The van der Waals surface area contributed by atoms with Gasteiger partial charge in [0.05, 0.1) is 0 Å². The fourth-order valence-electron chi connectivity index (χ4n) is 1.84. The molecule has 0 aliphatic rings. The lowest BCUT2D eigenvalue weighted by atomic mass is 10.1. The van der Waals surface area contributed by atoms with Gasteiger partial charge in [-0.15, -0.1) is 0 Å². The number of amides is 2. The minimum Gasteiger partial charge on any atom is -0.350 e. The van der Waals surface area contributed by atoms with E-state index in [1.165, 1.54) is 0 Å². The normalized spacial score (nSPS) is 10.2. The van der Waals surface area contributed by atoms with Gasteiger partial charge in [0.1, 0.15) is 0 Å². The van der Waals surface area contributed by atoms with Crippen molar-refractivity contribution in [2.75, 3.05) is 5.32 Å². The zero-order valence-electron chi connectivity index (χ0n) is 12.1. The first-order valence-corrected chi connectivity index (χ1v) is 6.83. The van der Waals surface area contributed by atoms with E-state index in [2.05, 4.69) is 10.6 Å². The van der Waals surface area contributed by atoms with Crippen molar-refractivity contribution in [1.82, 2.24) is 5.32 Å². The van der Waals surface area contributed by atoms with Crippen molar-refractivity contribution in [3.8, 4) is 0 Å². The van der Waals surface area contributed by atoms with Crippen LogP contribution in [0.15, 0.2) is 54.6 Å². The van der Waals surface area contributed by atoms with Crippen LogP contribution in [0.5, 0.6) is 0 Å². The van der Waals surface area contributed by atoms with Gasteiger partial charge in [-0.1, -0.05) is 18.2 Å². The SMILES string of the molecule is CC(C)NC(=O)c1ccc(NC(=O)c2ccccc2)cc1. The van der Waals surface area contributed by atoms with Gasteiger partial charge in [-0.3, -0.25) is 9.59 Å². The molecule has 21 heavy (non-hydrogen) atoms. The Bertz CT molecular complexity index is 619. The molecule has 0 unspecified atom stereocenters. The van der Waals surface area contributed by atoms with Crippen molar-refractivity contribution < 1.29 is 9.59 Å². The van der Waals surface area contributed by atoms with Gasteiger partial charge in [-0.05, 0) is 50.2 Å². The molecule has 2 N–H and O–H groups in total. The molecule has 2 rings (SSSR count). The number of nitrogens with one attached hydrogen (secondary N) is 2. The summed E-state index contributed by atoms with van der Waals surface area (Å²) in [4.78, 5) is 23.8. The maximum atomic E-state index is 12.0. The first-order valence-electron chi connectivity index (χ1n) is 6.83. The minimum absolute atomic E-state index is 0.0926. The molecular weight excluding hydrogens is 264 g/mol. The molecule has 0 aliphatic carbocycles. The first kappa shape index (κ1) is 14.8. The van der Waals surface area contributed by atoms with Crippen molar-refractivity contribution in [3.63, 3.8) is 0 Å². The second-order valence-corrected chi connectivity index (χ2v) is 5.03. The van der Waals surface area contributed by atoms with E-state index in [1.807, 2.05) is 32.0 Å². The van der Waals surface area contributed by atoms with Crippen LogP contribution in [0.4, 0.5) is 5.69 Å². The third kappa shape index (κ3) is 4.18. The predicted molar refractivity (Wildman–Crippen MR) is 83.4 cm³/mol. The van der Waals surface area contributed by atoms with Gasteiger partial charge in [0, 0.05) is 22.9 Å². The van der Waals surface area contributed by atoms with Gasteiger partial charge in [0.15, 0.2) is 0 Å². The number of benzene rings is 2. The van der Waals surface area contributed by atoms with Gasteiger partial charge in [0.2, 0.25) is 0 Å². The summed E-state index contributed by atoms with van der Waals surface area (Å²) in [7, 11) is 0. The summed E-state index contributed by atoms with van der Waals surface area (Å²) < 4.78 is 0. The number of carbonyl (C=O) groups is 2. The number of rotatable bonds is 4. The molecular formula is C17H18N2O2. The van der Waals surface area contributed by atoms with Crippen LogP contribution in [0.25, 0.3) is 0 Å². The standard InChI is InChI=1S/C17H18N2O2/c1-12(2)18-16(20)14-8-10-15(11-9-14)19-17(21)13-6-4-3-5-7-13/h3-12H,1-2H3,(H,18,20)(H,19,21). The molecule has 0 aromatic heterocycles. The smallest absolute Gasteiger partial charge is 0.255 e. The second kappa shape index (κ2) is 6.70. The van der Waals surface area contributed by atoms with E-state index in [0.717, 1.165) is 0 Å². The Balaban J connectivity index is 2.03. The zero-order valence-corrected chi connectivity index (χ0v) is 12.1. The van der Waals surface area contributed by atoms with E-state index < -0.39 is 0 Å². The topological polar surface area (TPSA) is 58.2 Å². The number of carbonyl (C=O) groups excluding carboxylic acids is 2. The maximum absolute atomic E-state index is 12.0. The molecule has 0 spiro atoms. The van der Waals surface area contributed by atoms with Gasteiger partial charge in [-0.25, -0.2) is 0 Å². The summed E-state index contributed by atoms with van der Waals surface area (Å²) in [5.74, 6) is -0.291. The molecule has 0 heterocycles. The average Bonchev–Trinajstić information content (AvgIpc) is 2.48. The molecule has 0 aliphatic heterocycles. The molecule has 4 heteroatoms. The highest BCUT2D eigenvalue weighted by atomic mass is 16.2. The van der Waals surface area contributed by atoms with Gasteiger partial charge in [-0.2, -0.15) is 0 Å². The lowest BCUT2D eigenvalue weighted by Gasteiger charge is -2.09.